The Kier molecular flexibility index (Phi) is 5.52. The lowest BCUT2D eigenvalue weighted by molar-refractivity contribution is -0.154. The largest absolute Gasteiger partial charge is 0.468 e. The number of alkyl halides is 3. The molecule has 0 fully saturated rings. The van der Waals surface area contributed by atoms with Crippen LogP contribution in [-0.4, -0.2) is 22.6 Å². The van der Waals surface area contributed by atoms with Crippen molar-refractivity contribution in [1.82, 2.24) is 15.1 Å². The van der Waals surface area contributed by atoms with Gasteiger partial charge in [0.25, 0.3) is 0 Å². The fourth-order valence-electron chi connectivity index (χ4n) is 2.32. The normalized spacial score (nSPS) is 11.3. The van der Waals surface area contributed by atoms with E-state index in [0.29, 0.717) is 24.3 Å². The third-order valence-electron chi connectivity index (χ3n) is 3.39. The molecule has 2 rings (SSSR count). The molecule has 24 heavy (non-hydrogen) atoms. The topological polar surface area (TPSA) is 39.1 Å². The van der Waals surface area contributed by atoms with Gasteiger partial charge < -0.3 is 10.1 Å². The molecule has 1 aromatic carbocycles. The number of ether oxygens (including phenoxy) is 1. The smallest absolute Gasteiger partial charge is 0.422 e. The number of benzene rings is 1. The first kappa shape index (κ1) is 17.9. The standard InChI is InChI=1S/C17H18F3N3O/c1-4-13-6-5-7-14(8-13)9-21-10-15-12(2)22-23(3)16(15)24-11-17(18,19)20/h1,5-8,21H,9-11H2,2-3H3. The van der Waals surface area contributed by atoms with E-state index in [-0.39, 0.29) is 5.88 Å². The summed E-state index contributed by atoms with van der Waals surface area (Å²) in [6.07, 6.45) is 0.969. The molecule has 1 heterocycles. The first-order valence-corrected chi connectivity index (χ1v) is 7.28. The van der Waals surface area contributed by atoms with Crippen molar-refractivity contribution < 1.29 is 17.9 Å². The summed E-state index contributed by atoms with van der Waals surface area (Å²) in [5.41, 5.74) is 3.00. The van der Waals surface area contributed by atoms with E-state index in [1.807, 2.05) is 24.3 Å². The lowest BCUT2D eigenvalue weighted by atomic mass is 10.1. The molecule has 1 aromatic heterocycles. The molecule has 0 spiro atoms. The maximum Gasteiger partial charge on any atom is 0.422 e. The zero-order valence-electron chi connectivity index (χ0n) is 13.4. The predicted molar refractivity (Wildman–Crippen MR) is 84.4 cm³/mol. The predicted octanol–water partition coefficient (Wildman–Crippen LogP) is 2.94. The van der Waals surface area contributed by atoms with Crippen LogP contribution < -0.4 is 10.1 Å². The molecule has 0 aliphatic carbocycles. The number of nitrogens with zero attached hydrogens (tertiary/aromatic N) is 2. The van der Waals surface area contributed by atoms with E-state index in [4.69, 9.17) is 11.2 Å². The summed E-state index contributed by atoms with van der Waals surface area (Å²) in [7, 11) is 1.55. The Morgan fingerprint density at radius 1 is 1.33 bits per heavy atom. The molecule has 1 N–H and O–H groups in total. The van der Waals surface area contributed by atoms with Crippen molar-refractivity contribution >= 4 is 0 Å². The molecular formula is C17H18F3N3O. The lowest BCUT2D eigenvalue weighted by Gasteiger charge is -2.12. The zero-order valence-corrected chi connectivity index (χ0v) is 13.4. The number of hydrogen-bond acceptors (Lipinski definition) is 3. The van der Waals surface area contributed by atoms with Gasteiger partial charge in [-0.15, -0.1) is 6.42 Å². The number of aromatic nitrogens is 2. The average molecular weight is 337 g/mol. The lowest BCUT2D eigenvalue weighted by Crippen LogP contribution is -2.21. The highest BCUT2D eigenvalue weighted by molar-refractivity contribution is 5.35. The molecule has 128 valence electrons. The summed E-state index contributed by atoms with van der Waals surface area (Å²) in [6.45, 7) is 1.26. The van der Waals surface area contributed by atoms with Gasteiger partial charge in [-0.3, -0.25) is 0 Å². The number of halogens is 3. The highest BCUT2D eigenvalue weighted by Crippen LogP contribution is 2.24. The van der Waals surface area contributed by atoms with Gasteiger partial charge in [0.1, 0.15) is 0 Å². The van der Waals surface area contributed by atoms with Crippen LogP contribution in [0.15, 0.2) is 24.3 Å². The van der Waals surface area contributed by atoms with Gasteiger partial charge in [0, 0.05) is 25.7 Å². The molecule has 2 aromatic rings. The van der Waals surface area contributed by atoms with E-state index in [2.05, 4.69) is 16.3 Å². The summed E-state index contributed by atoms with van der Waals surface area (Å²) >= 11 is 0. The Hall–Kier alpha value is -2.46. The van der Waals surface area contributed by atoms with E-state index in [9.17, 15) is 13.2 Å². The third kappa shape index (κ3) is 4.77. The summed E-state index contributed by atoms with van der Waals surface area (Å²) in [4.78, 5) is 0. The van der Waals surface area contributed by atoms with Crippen LogP contribution in [0.25, 0.3) is 0 Å². The van der Waals surface area contributed by atoms with Crippen molar-refractivity contribution in [2.24, 2.45) is 7.05 Å². The minimum atomic E-state index is -4.39. The van der Waals surface area contributed by atoms with Gasteiger partial charge in [0.15, 0.2) is 6.61 Å². The van der Waals surface area contributed by atoms with Gasteiger partial charge in [-0.05, 0) is 24.6 Å². The number of terminal acetylenes is 1. The van der Waals surface area contributed by atoms with Crippen LogP contribution in [-0.2, 0) is 20.1 Å². The van der Waals surface area contributed by atoms with Crippen LogP contribution in [0.1, 0.15) is 22.4 Å². The van der Waals surface area contributed by atoms with E-state index in [1.54, 1.807) is 14.0 Å². The van der Waals surface area contributed by atoms with Crippen LogP contribution in [0.5, 0.6) is 5.88 Å². The van der Waals surface area contributed by atoms with E-state index in [0.717, 1.165) is 11.1 Å². The third-order valence-corrected chi connectivity index (χ3v) is 3.39. The fourth-order valence-corrected chi connectivity index (χ4v) is 2.32. The van der Waals surface area contributed by atoms with Crippen LogP contribution >= 0.6 is 0 Å². The molecule has 0 saturated carbocycles. The van der Waals surface area contributed by atoms with Crippen LogP contribution in [0.2, 0.25) is 0 Å². The summed E-state index contributed by atoms with van der Waals surface area (Å²) in [5, 5.41) is 7.30. The molecule has 0 bridgehead atoms. The SMILES string of the molecule is C#Cc1cccc(CNCc2c(C)nn(C)c2OCC(F)(F)F)c1. The first-order valence-electron chi connectivity index (χ1n) is 7.28. The van der Waals surface area contributed by atoms with E-state index < -0.39 is 12.8 Å². The Morgan fingerprint density at radius 3 is 2.75 bits per heavy atom. The fraction of sp³-hybridized carbons (Fsp3) is 0.353. The second-order valence-electron chi connectivity index (χ2n) is 5.34. The van der Waals surface area contributed by atoms with Crippen molar-refractivity contribution in [2.45, 2.75) is 26.2 Å². The second-order valence-corrected chi connectivity index (χ2v) is 5.34. The Morgan fingerprint density at radius 2 is 2.08 bits per heavy atom. The first-order chi connectivity index (χ1) is 11.3. The summed E-state index contributed by atoms with van der Waals surface area (Å²) in [5.74, 6) is 2.68. The van der Waals surface area contributed by atoms with Crippen molar-refractivity contribution in [1.29, 1.82) is 0 Å². The maximum absolute atomic E-state index is 12.4. The monoisotopic (exact) mass is 337 g/mol. The van der Waals surface area contributed by atoms with E-state index >= 15 is 0 Å². The second kappa shape index (κ2) is 7.41. The Bertz CT molecular complexity index is 745. The van der Waals surface area contributed by atoms with Gasteiger partial charge in [-0.25, -0.2) is 4.68 Å². The highest BCUT2D eigenvalue weighted by Gasteiger charge is 2.30. The molecular weight excluding hydrogens is 319 g/mol. The molecule has 0 unspecified atom stereocenters. The number of aryl methyl sites for hydroxylation is 2. The van der Waals surface area contributed by atoms with Gasteiger partial charge >= 0.3 is 6.18 Å². The molecule has 0 atom stereocenters. The molecule has 0 amide bonds. The Balaban J connectivity index is 2.02. The zero-order chi connectivity index (χ0) is 17.7. The molecule has 4 nitrogen and oxygen atoms in total. The molecule has 0 aliphatic heterocycles. The minimum Gasteiger partial charge on any atom is -0.468 e. The quantitative estimate of drug-likeness (QED) is 0.824. The van der Waals surface area contributed by atoms with Crippen LogP contribution in [0.4, 0.5) is 13.2 Å². The van der Waals surface area contributed by atoms with Crippen molar-refractivity contribution in [2.75, 3.05) is 6.61 Å². The number of hydrogen-bond donors (Lipinski definition) is 1. The summed E-state index contributed by atoms with van der Waals surface area (Å²) in [6, 6.07) is 7.49. The maximum atomic E-state index is 12.4. The van der Waals surface area contributed by atoms with Crippen molar-refractivity contribution in [3.63, 3.8) is 0 Å². The molecule has 0 aliphatic rings. The number of nitrogens with one attached hydrogen (secondary N) is 1. The van der Waals surface area contributed by atoms with Gasteiger partial charge in [0.2, 0.25) is 5.88 Å². The van der Waals surface area contributed by atoms with Gasteiger partial charge in [0.05, 0.1) is 11.3 Å². The van der Waals surface area contributed by atoms with Gasteiger partial charge in [-0.1, -0.05) is 18.1 Å². The van der Waals surface area contributed by atoms with Crippen molar-refractivity contribution in [3.8, 4) is 18.2 Å². The van der Waals surface area contributed by atoms with Crippen LogP contribution in [0.3, 0.4) is 0 Å². The molecule has 7 heteroatoms. The summed E-state index contributed by atoms with van der Waals surface area (Å²) < 4.78 is 43.3. The van der Waals surface area contributed by atoms with E-state index in [1.165, 1.54) is 4.68 Å². The average Bonchev–Trinajstić information content (AvgIpc) is 2.78. The molecule has 0 saturated heterocycles. The number of rotatable bonds is 6. The van der Waals surface area contributed by atoms with Gasteiger partial charge in [-0.2, -0.15) is 18.3 Å². The van der Waals surface area contributed by atoms with Crippen molar-refractivity contribution in [3.05, 3.63) is 46.6 Å². The minimum absolute atomic E-state index is 0.120. The Labute approximate surface area is 138 Å². The van der Waals surface area contributed by atoms with Crippen LogP contribution in [0, 0.1) is 19.3 Å². The highest BCUT2D eigenvalue weighted by atomic mass is 19.4. The molecule has 0 radical (unpaired) electrons.